The second-order valence-corrected chi connectivity index (χ2v) is 7.18. The molecule has 2 aliphatic rings. The molecular weight excluding hydrogens is 284 g/mol. The van der Waals surface area contributed by atoms with Gasteiger partial charge in [0.1, 0.15) is 0 Å². The molecule has 1 aromatic carbocycles. The highest BCUT2D eigenvalue weighted by molar-refractivity contribution is 6.32. The first-order chi connectivity index (χ1) is 10.1. The van der Waals surface area contributed by atoms with Gasteiger partial charge in [0.15, 0.2) is 11.5 Å². The molecule has 0 bridgehead atoms. The first-order valence-corrected chi connectivity index (χ1v) is 8.55. The molecule has 1 saturated carbocycles. The lowest BCUT2D eigenvalue weighted by Gasteiger charge is -2.42. The van der Waals surface area contributed by atoms with Gasteiger partial charge in [0.25, 0.3) is 0 Å². The lowest BCUT2D eigenvalue weighted by atomic mass is 9.66. The van der Waals surface area contributed by atoms with Crippen LogP contribution in [-0.4, -0.2) is 13.2 Å². The summed E-state index contributed by atoms with van der Waals surface area (Å²) in [6.07, 6.45) is 4.74. The smallest absolute Gasteiger partial charge is 0.180 e. The van der Waals surface area contributed by atoms with Crippen LogP contribution in [0.3, 0.4) is 0 Å². The molecule has 1 aliphatic heterocycles. The molecule has 3 rings (SSSR count). The van der Waals surface area contributed by atoms with Gasteiger partial charge in [0.05, 0.1) is 18.2 Å². The fourth-order valence-electron chi connectivity index (χ4n) is 3.54. The lowest BCUT2D eigenvalue weighted by Crippen LogP contribution is -2.37. The molecular formula is C18H25ClO2. The van der Waals surface area contributed by atoms with Crippen LogP contribution in [0.25, 0.3) is 0 Å². The number of hydrogen-bond donors (Lipinski definition) is 0. The monoisotopic (exact) mass is 308 g/mol. The Kier molecular flexibility index (Phi) is 4.09. The van der Waals surface area contributed by atoms with E-state index in [0.29, 0.717) is 16.9 Å². The van der Waals surface area contributed by atoms with E-state index in [1.54, 1.807) is 0 Å². The first-order valence-electron chi connectivity index (χ1n) is 8.17. The van der Waals surface area contributed by atoms with E-state index >= 15 is 0 Å². The predicted molar refractivity (Wildman–Crippen MR) is 86.6 cm³/mol. The van der Waals surface area contributed by atoms with E-state index in [9.17, 15) is 0 Å². The molecule has 3 heteroatoms. The Morgan fingerprint density at radius 2 is 2.14 bits per heavy atom. The quantitative estimate of drug-likeness (QED) is 0.743. The van der Waals surface area contributed by atoms with Crippen molar-refractivity contribution in [1.82, 2.24) is 0 Å². The molecule has 1 aromatic rings. The third kappa shape index (κ3) is 2.63. The summed E-state index contributed by atoms with van der Waals surface area (Å²) in [4.78, 5) is 0. The van der Waals surface area contributed by atoms with Gasteiger partial charge >= 0.3 is 0 Å². The molecule has 1 fully saturated rings. The van der Waals surface area contributed by atoms with Crippen molar-refractivity contribution in [1.29, 1.82) is 0 Å². The maximum Gasteiger partial charge on any atom is 0.180 e. The number of benzene rings is 1. The Morgan fingerprint density at radius 1 is 1.38 bits per heavy atom. The zero-order valence-electron chi connectivity index (χ0n) is 13.2. The molecule has 1 atom stereocenters. The van der Waals surface area contributed by atoms with Crippen LogP contribution in [-0.2, 0) is 5.41 Å². The molecule has 0 aromatic heterocycles. The van der Waals surface area contributed by atoms with Gasteiger partial charge in [-0.3, -0.25) is 0 Å². The van der Waals surface area contributed by atoms with E-state index in [1.165, 1.54) is 18.4 Å². The van der Waals surface area contributed by atoms with Crippen LogP contribution in [0.5, 0.6) is 11.5 Å². The molecule has 0 spiro atoms. The van der Waals surface area contributed by atoms with Crippen LogP contribution in [0, 0.1) is 11.8 Å². The maximum absolute atomic E-state index is 6.38. The summed E-state index contributed by atoms with van der Waals surface area (Å²) < 4.78 is 12.0. The molecule has 0 radical (unpaired) electrons. The maximum atomic E-state index is 6.38. The van der Waals surface area contributed by atoms with Crippen molar-refractivity contribution in [2.45, 2.75) is 51.9 Å². The Hall–Kier alpha value is -0.890. The fraction of sp³-hybridized carbons (Fsp3) is 0.667. The topological polar surface area (TPSA) is 18.5 Å². The Labute approximate surface area is 132 Å². The van der Waals surface area contributed by atoms with Crippen molar-refractivity contribution < 1.29 is 9.47 Å². The number of rotatable bonds is 5. The molecule has 2 nitrogen and oxygen atoms in total. The molecule has 116 valence electrons. The zero-order valence-corrected chi connectivity index (χ0v) is 14.0. The summed E-state index contributed by atoms with van der Waals surface area (Å²) in [7, 11) is 0. The first kappa shape index (κ1) is 15.0. The molecule has 1 aliphatic carbocycles. The largest absolute Gasteiger partial charge is 0.489 e. The molecule has 21 heavy (non-hydrogen) atoms. The minimum atomic E-state index is 0.176. The van der Waals surface area contributed by atoms with Crippen molar-refractivity contribution in [3.8, 4) is 11.5 Å². The summed E-state index contributed by atoms with van der Waals surface area (Å²) in [6.45, 7) is 8.39. The Bertz CT molecular complexity index is 522. The van der Waals surface area contributed by atoms with Crippen molar-refractivity contribution in [3.63, 3.8) is 0 Å². The van der Waals surface area contributed by atoms with Gasteiger partial charge in [-0.25, -0.2) is 0 Å². The number of hydrogen-bond acceptors (Lipinski definition) is 2. The molecule has 0 N–H and O–H groups in total. The Balaban J connectivity index is 2.01. The van der Waals surface area contributed by atoms with Crippen LogP contribution in [0.1, 0.15) is 52.0 Å². The van der Waals surface area contributed by atoms with Gasteiger partial charge in [-0.15, -0.1) is 0 Å². The fourth-order valence-corrected chi connectivity index (χ4v) is 3.74. The summed E-state index contributed by atoms with van der Waals surface area (Å²) >= 11 is 6.38. The van der Waals surface area contributed by atoms with Crippen LogP contribution in [0.4, 0.5) is 0 Å². The van der Waals surface area contributed by atoms with E-state index in [2.05, 4.69) is 26.8 Å². The van der Waals surface area contributed by atoms with Crippen LogP contribution >= 0.6 is 11.6 Å². The second kappa shape index (κ2) is 5.72. The van der Waals surface area contributed by atoms with Crippen molar-refractivity contribution in [2.24, 2.45) is 11.8 Å². The number of halogens is 1. The van der Waals surface area contributed by atoms with E-state index < -0.39 is 0 Å². The van der Waals surface area contributed by atoms with E-state index in [0.717, 1.165) is 37.6 Å². The second-order valence-electron chi connectivity index (χ2n) is 6.77. The molecule has 0 unspecified atom stereocenters. The normalized spacial score (nSPS) is 24.6. The predicted octanol–water partition coefficient (Wildman–Crippen LogP) is 5.22. The van der Waals surface area contributed by atoms with Crippen LogP contribution in [0.15, 0.2) is 12.1 Å². The van der Waals surface area contributed by atoms with Gasteiger partial charge in [0.2, 0.25) is 0 Å². The number of fused-ring (bicyclic) bond motifs is 1. The average Bonchev–Trinajstić information content (AvgIpc) is 3.29. The summed E-state index contributed by atoms with van der Waals surface area (Å²) in [6, 6.07) is 4.12. The Morgan fingerprint density at radius 3 is 2.76 bits per heavy atom. The van der Waals surface area contributed by atoms with Gasteiger partial charge in [-0.1, -0.05) is 38.4 Å². The zero-order chi connectivity index (χ0) is 15.0. The summed E-state index contributed by atoms with van der Waals surface area (Å²) in [5, 5.41) is 0.671. The molecule has 0 saturated heterocycles. The van der Waals surface area contributed by atoms with Gasteiger partial charge in [-0.05, 0) is 43.6 Å². The van der Waals surface area contributed by atoms with Gasteiger partial charge in [-0.2, -0.15) is 0 Å². The highest BCUT2D eigenvalue weighted by Gasteiger charge is 2.40. The van der Waals surface area contributed by atoms with Gasteiger partial charge in [0, 0.05) is 11.0 Å². The van der Waals surface area contributed by atoms with Crippen molar-refractivity contribution >= 4 is 11.6 Å². The average molecular weight is 309 g/mol. The van der Waals surface area contributed by atoms with Crippen LogP contribution in [0.2, 0.25) is 5.02 Å². The van der Waals surface area contributed by atoms with E-state index in [4.69, 9.17) is 21.1 Å². The van der Waals surface area contributed by atoms with E-state index in [1.807, 2.05) is 6.07 Å². The van der Waals surface area contributed by atoms with Crippen molar-refractivity contribution in [2.75, 3.05) is 13.2 Å². The summed E-state index contributed by atoms with van der Waals surface area (Å²) in [5.41, 5.74) is 1.46. The number of ether oxygens (including phenoxy) is 2. The molecule has 1 heterocycles. The van der Waals surface area contributed by atoms with E-state index in [-0.39, 0.29) is 5.41 Å². The highest BCUT2D eigenvalue weighted by Crippen LogP contribution is 2.51. The lowest BCUT2D eigenvalue weighted by molar-refractivity contribution is 0.159. The summed E-state index contributed by atoms with van der Waals surface area (Å²) in [5.74, 6) is 2.94. The van der Waals surface area contributed by atoms with Gasteiger partial charge < -0.3 is 9.47 Å². The van der Waals surface area contributed by atoms with Crippen LogP contribution < -0.4 is 9.47 Å². The third-order valence-corrected chi connectivity index (χ3v) is 5.59. The van der Waals surface area contributed by atoms with Crippen molar-refractivity contribution in [3.05, 3.63) is 22.7 Å². The minimum absolute atomic E-state index is 0.176. The minimum Gasteiger partial charge on any atom is -0.489 e. The SMILES string of the molecule is CC[C@@]1(C(C)C)CCOc2c1ccc(Cl)c2OCC1CC1. The standard InChI is InChI=1S/C18H25ClO2/c1-4-18(12(2)3)9-10-20-16-14(18)7-8-15(19)17(16)21-11-13-5-6-13/h7-8,12-13H,4-6,9-11H2,1-3H3/t18-/m0/s1. The molecule has 0 amide bonds. The third-order valence-electron chi connectivity index (χ3n) is 5.29. The highest BCUT2D eigenvalue weighted by atomic mass is 35.5.